The Balaban J connectivity index is 2.09. The van der Waals surface area contributed by atoms with E-state index in [1.165, 1.54) is 45.4 Å². The van der Waals surface area contributed by atoms with Gasteiger partial charge >= 0.3 is 0 Å². The summed E-state index contributed by atoms with van der Waals surface area (Å²) in [6.07, 6.45) is 4.25. The Morgan fingerprint density at radius 2 is 2.08 bits per heavy atom. The van der Waals surface area contributed by atoms with Gasteiger partial charge in [-0.25, -0.2) is 0 Å². The lowest BCUT2D eigenvalue weighted by molar-refractivity contribution is 0.152. The molecule has 0 radical (unpaired) electrons. The summed E-state index contributed by atoms with van der Waals surface area (Å²) < 4.78 is 0. The van der Waals surface area contributed by atoms with Crippen molar-refractivity contribution in [1.29, 1.82) is 0 Å². The van der Waals surface area contributed by atoms with E-state index in [9.17, 15) is 0 Å². The van der Waals surface area contributed by atoms with Gasteiger partial charge in [-0.1, -0.05) is 6.92 Å². The second-order valence-corrected chi connectivity index (χ2v) is 4.40. The molecule has 0 aromatic rings. The monoisotopic (exact) mass is 168 g/mol. The maximum atomic E-state index is 2.69. The SMILES string of the molecule is CCN1CCC[C@@]12CCN(C)C2. The molecule has 2 fully saturated rings. The molecule has 2 saturated heterocycles. The molecular formula is C10H20N2. The highest BCUT2D eigenvalue weighted by Gasteiger charge is 2.43. The maximum Gasteiger partial charge on any atom is 0.0348 e. The van der Waals surface area contributed by atoms with Crippen molar-refractivity contribution >= 4 is 0 Å². The van der Waals surface area contributed by atoms with E-state index in [0.29, 0.717) is 5.54 Å². The van der Waals surface area contributed by atoms with E-state index in [0.717, 1.165) is 0 Å². The normalized spacial score (nSPS) is 38.5. The lowest BCUT2D eigenvalue weighted by atomic mass is 9.95. The summed E-state index contributed by atoms with van der Waals surface area (Å²) in [7, 11) is 2.25. The van der Waals surface area contributed by atoms with Gasteiger partial charge in [0.25, 0.3) is 0 Å². The first kappa shape index (κ1) is 8.52. The van der Waals surface area contributed by atoms with Crippen molar-refractivity contribution in [3.05, 3.63) is 0 Å². The molecule has 2 nitrogen and oxygen atoms in total. The molecule has 2 aliphatic heterocycles. The van der Waals surface area contributed by atoms with Crippen LogP contribution in [-0.2, 0) is 0 Å². The second kappa shape index (κ2) is 3.00. The third-order valence-corrected chi connectivity index (χ3v) is 3.65. The van der Waals surface area contributed by atoms with Gasteiger partial charge in [0.2, 0.25) is 0 Å². The molecule has 12 heavy (non-hydrogen) atoms. The first-order chi connectivity index (χ1) is 5.77. The van der Waals surface area contributed by atoms with E-state index in [1.54, 1.807) is 0 Å². The van der Waals surface area contributed by atoms with Gasteiger partial charge in [0.05, 0.1) is 0 Å². The molecule has 70 valence electrons. The highest BCUT2D eigenvalue weighted by Crippen LogP contribution is 2.36. The lowest BCUT2D eigenvalue weighted by Gasteiger charge is -2.34. The zero-order valence-corrected chi connectivity index (χ0v) is 8.34. The number of hydrogen-bond donors (Lipinski definition) is 0. The number of nitrogens with zero attached hydrogens (tertiary/aromatic N) is 2. The van der Waals surface area contributed by atoms with Crippen LogP contribution in [-0.4, -0.2) is 48.6 Å². The fourth-order valence-electron chi connectivity index (χ4n) is 3.01. The molecule has 0 bridgehead atoms. The van der Waals surface area contributed by atoms with Gasteiger partial charge in [0, 0.05) is 12.1 Å². The third kappa shape index (κ3) is 1.17. The average Bonchev–Trinajstić information content (AvgIpc) is 2.60. The Hall–Kier alpha value is -0.0800. The minimum atomic E-state index is 0.587. The molecule has 0 N–H and O–H groups in total. The summed E-state index contributed by atoms with van der Waals surface area (Å²) in [5.41, 5.74) is 0.587. The summed E-state index contributed by atoms with van der Waals surface area (Å²) in [5.74, 6) is 0. The van der Waals surface area contributed by atoms with Gasteiger partial charge in [0.1, 0.15) is 0 Å². The quantitative estimate of drug-likeness (QED) is 0.580. The molecule has 0 amide bonds. The van der Waals surface area contributed by atoms with Crippen LogP contribution >= 0.6 is 0 Å². The highest BCUT2D eigenvalue weighted by molar-refractivity contribution is 5.01. The molecule has 1 atom stereocenters. The number of likely N-dealkylation sites (N-methyl/N-ethyl adjacent to an activating group) is 2. The van der Waals surface area contributed by atoms with Gasteiger partial charge in [-0.05, 0) is 45.9 Å². The molecule has 2 heteroatoms. The highest BCUT2D eigenvalue weighted by atomic mass is 15.3. The summed E-state index contributed by atoms with van der Waals surface area (Å²) in [6.45, 7) is 7.49. The van der Waals surface area contributed by atoms with Crippen LogP contribution in [0.25, 0.3) is 0 Å². The van der Waals surface area contributed by atoms with Crippen LogP contribution < -0.4 is 0 Å². The Bertz CT molecular complexity index is 169. The molecule has 0 unspecified atom stereocenters. The van der Waals surface area contributed by atoms with E-state index >= 15 is 0 Å². The van der Waals surface area contributed by atoms with Gasteiger partial charge < -0.3 is 4.90 Å². The van der Waals surface area contributed by atoms with E-state index < -0.39 is 0 Å². The fourth-order valence-corrected chi connectivity index (χ4v) is 3.01. The first-order valence-electron chi connectivity index (χ1n) is 5.20. The van der Waals surface area contributed by atoms with Crippen LogP contribution in [0.15, 0.2) is 0 Å². The Labute approximate surface area is 75.5 Å². The smallest absolute Gasteiger partial charge is 0.0348 e. The van der Waals surface area contributed by atoms with Gasteiger partial charge in [0.15, 0.2) is 0 Å². The molecule has 0 saturated carbocycles. The number of likely N-dealkylation sites (tertiary alicyclic amines) is 2. The molecule has 0 aliphatic carbocycles. The van der Waals surface area contributed by atoms with Crippen molar-refractivity contribution in [2.45, 2.75) is 31.7 Å². The summed E-state index contributed by atoms with van der Waals surface area (Å²) >= 11 is 0. The van der Waals surface area contributed by atoms with Crippen molar-refractivity contribution in [2.75, 3.05) is 33.2 Å². The van der Waals surface area contributed by atoms with Crippen LogP contribution in [0.4, 0.5) is 0 Å². The molecule has 2 heterocycles. The number of rotatable bonds is 1. The van der Waals surface area contributed by atoms with Crippen molar-refractivity contribution < 1.29 is 0 Å². The minimum Gasteiger partial charge on any atom is -0.304 e. The Kier molecular flexibility index (Phi) is 2.13. The lowest BCUT2D eigenvalue weighted by Crippen LogP contribution is -2.45. The summed E-state index contributed by atoms with van der Waals surface area (Å²) in [4.78, 5) is 5.17. The van der Waals surface area contributed by atoms with Crippen LogP contribution in [0.2, 0.25) is 0 Å². The van der Waals surface area contributed by atoms with Crippen LogP contribution in [0.1, 0.15) is 26.2 Å². The van der Waals surface area contributed by atoms with E-state index in [-0.39, 0.29) is 0 Å². The van der Waals surface area contributed by atoms with Crippen LogP contribution in [0, 0.1) is 0 Å². The third-order valence-electron chi connectivity index (χ3n) is 3.65. The Morgan fingerprint density at radius 1 is 1.25 bits per heavy atom. The van der Waals surface area contributed by atoms with Gasteiger partial charge in [-0.15, -0.1) is 0 Å². The van der Waals surface area contributed by atoms with Crippen LogP contribution in [0.3, 0.4) is 0 Å². The minimum absolute atomic E-state index is 0.587. The molecule has 0 aromatic heterocycles. The predicted molar refractivity (Wildman–Crippen MR) is 51.3 cm³/mol. The Morgan fingerprint density at radius 3 is 2.67 bits per heavy atom. The molecule has 2 aliphatic rings. The van der Waals surface area contributed by atoms with Crippen molar-refractivity contribution in [3.63, 3.8) is 0 Å². The standard InChI is InChI=1S/C10H20N2/c1-3-12-7-4-5-10(12)6-8-11(2)9-10/h3-9H2,1-2H3/t10-/m0/s1. The summed E-state index contributed by atoms with van der Waals surface area (Å²) in [5, 5.41) is 0. The largest absolute Gasteiger partial charge is 0.304 e. The van der Waals surface area contributed by atoms with E-state index in [4.69, 9.17) is 0 Å². The molecule has 0 aromatic carbocycles. The van der Waals surface area contributed by atoms with Crippen LogP contribution in [0.5, 0.6) is 0 Å². The topological polar surface area (TPSA) is 6.48 Å². The first-order valence-corrected chi connectivity index (χ1v) is 5.20. The predicted octanol–water partition coefficient (Wildman–Crippen LogP) is 1.18. The molecule has 2 rings (SSSR count). The number of hydrogen-bond acceptors (Lipinski definition) is 2. The van der Waals surface area contributed by atoms with Gasteiger partial charge in [-0.3, -0.25) is 4.90 Å². The van der Waals surface area contributed by atoms with Crippen molar-refractivity contribution in [2.24, 2.45) is 0 Å². The van der Waals surface area contributed by atoms with Crippen molar-refractivity contribution in [3.8, 4) is 0 Å². The summed E-state index contributed by atoms with van der Waals surface area (Å²) in [6, 6.07) is 0. The zero-order valence-electron chi connectivity index (χ0n) is 8.34. The molecule has 1 spiro atoms. The van der Waals surface area contributed by atoms with E-state index in [2.05, 4.69) is 23.8 Å². The molecular weight excluding hydrogens is 148 g/mol. The average molecular weight is 168 g/mol. The van der Waals surface area contributed by atoms with Gasteiger partial charge in [-0.2, -0.15) is 0 Å². The fraction of sp³-hybridized carbons (Fsp3) is 1.00. The maximum absolute atomic E-state index is 2.69. The zero-order chi connectivity index (χ0) is 8.60. The second-order valence-electron chi connectivity index (χ2n) is 4.40. The van der Waals surface area contributed by atoms with Crippen molar-refractivity contribution in [1.82, 2.24) is 9.80 Å². The van der Waals surface area contributed by atoms with E-state index in [1.807, 2.05) is 0 Å².